The number of hydrogen-bond acceptors (Lipinski definition) is 2. The SMILES string of the molecule is Cc1cc(N2C(=S)N[C@H](c3ccccn3)[C@@H]2c2cccn2C2CCCCC2)ccc1Br. The molecular formula is C25H27BrN4S. The highest BCUT2D eigenvalue weighted by atomic mass is 79.9. The van der Waals surface area contributed by atoms with E-state index < -0.39 is 0 Å². The molecule has 0 spiro atoms. The monoisotopic (exact) mass is 494 g/mol. The fourth-order valence-electron chi connectivity index (χ4n) is 5.06. The number of aryl methyl sites for hydroxylation is 1. The van der Waals surface area contributed by atoms with Gasteiger partial charge in [-0.1, -0.05) is 41.3 Å². The third kappa shape index (κ3) is 3.92. The standard InChI is InChI=1S/C25H27BrN4S/c1-17-16-19(12-13-20(17)26)30-24(23(28-25(30)31)21-10-5-6-14-27-21)22-11-7-15-29(22)18-8-3-2-4-9-18/h5-7,10-16,18,23-24H,2-4,8-9H2,1H3,(H,28,31)/t23-,24+/m1/s1. The van der Waals surface area contributed by atoms with Gasteiger partial charge in [-0.3, -0.25) is 4.98 Å². The van der Waals surface area contributed by atoms with Crippen LogP contribution in [-0.4, -0.2) is 14.7 Å². The minimum Gasteiger partial charge on any atom is -0.351 e. The summed E-state index contributed by atoms with van der Waals surface area (Å²) < 4.78 is 3.62. The Morgan fingerprint density at radius 3 is 2.65 bits per heavy atom. The predicted octanol–water partition coefficient (Wildman–Crippen LogP) is 6.64. The zero-order valence-corrected chi connectivity index (χ0v) is 20.1. The van der Waals surface area contributed by atoms with E-state index in [0.717, 1.165) is 21.0 Å². The van der Waals surface area contributed by atoms with Crippen LogP contribution in [0.5, 0.6) is 0 Å². The average Bonchev–Trinajstić information content (AvgIpc) is 3.41. The van der Waals surface area contributed by atoms with Crippen LogP contribution in [0.25, 0.3) is 0 Å². The molecule has 2 aliphatic rings. The van der Waals surface area contributed by atoms with Crippen LogP contribution >= 0.6 is 28.1 Å². The molecule has 160 valence electrons. The Hall–Kier alpha value is -2.18. The van der Waals surface area contributed by atoms with Crippen molar-refractivity contribution in [1.82, 2.24) is 14.9 Å². The van der Waals surface area contributed by atoms with Gasteiger partial charge in [0.05, 0.1) is 11.7 Å². The molecule has 4 nitrogen and oxygen atoms in total. The minimum absolute atomic E-state index is 0.00473. The number of aromatic nitrogens is 2. The molecule has 1 aliphatic carbocycles. The zero-order valence-electron chi connectivity index (χ0n) is 17.7. The molecule has 2 aromatic heterocycles. The van der Waals surface area contributed by atoms with Crippen molar-refractivity contribution in [3.63, 3.8) is 0 Å². The van der Waals surface area contributed by atoms with Gasteiger partial charge in [-0.2, -0.15) is 0 Å². The number of thiocarbonyl (C=S) groups is 1. The van der Waals surface area contributed by atoms with Crippen molar-refractivity contribution in [2.24, 2.45) is 0 Å². The van der Waals surface area contributed by atoms with E-state index in [0.29, 0.717) is 6.04 Å². The Balaban J connectivity index is 1.62. The summed E-state index contributed by atoms with van der Waals surface area (Å²) in [6, 6.07) is 17.6. The maximum Gasteiger partial charge on any atom is 0.174 e. The highest BCUT2D eigenvalue weighted by molar-refractivity contribution is 9.10. The minimum atomic E-state index is -0.00473. The maximum atomic E-state index is 5.89. The molecule has 1 saturated heterocycles. The van der Waals surface area contributed by atoms with Gasteiger partial charge >= 0.3 is 0 Å². The first kappa shape index (κ1) is 20.7. The molecule has 1 saturated carbocycles. The van der Waals surface area contributed by atoms with Crippen molar-refractivity contribution in [2.75, 3.05) is 4.90 Å². The zero-order chi connectivity index (χ0) is 21.4. The maximum absolute atomic E-state index is 5.89. The Kier molecular flexibility index (Phi) is 5.85. The van der Waals surface area contributed by atoms with Gasteiger partial charge in [0, 0.05) is 34.3 Å². The molecule has 0 amide bonds. The van der Waals surface area contributed by atoms with Crippen LogP contribution in [0.1, 0.15) is 67.2 Å². The molecule has 6 heteroatoms. The predicted molar refractivity (Wildman–Crippen MR) is 133 cm³/mol. The Labute approximate surface area is 197 Å². The smallest absolute Gasteiger partial charge is 0.174 e. The van der Waals surface area contributed by atoms with Crippen molar-refractivity contribution >= 4 is 38.9 Å². The molecule has 5 rings (SSSR count). The van der Waals surface area contributed by atoms with Gasteiger partial charge < -0.3 is 14.8 Å². The van der Waals surface area contributed by atoms with Crippen LogP contribution in [0.3, 0.4) is 0 Å². The first-order chi connectivity index (χ1) is 15.1. The number of nitrogens with one attached hydrogen (secondary N) is 1. The number of halogens is 1. The highest BCUT2D eigenvalue weighted by Crippen LogP contribution is 2.44. The topological polar surface area (TPSA) is 33.1 Å². The van der Waals surface area contributed by atoms with E-state index in [1.54, 1.807) is 0 Å². The Morgan fingerprint density at radius 1 is 1.06 bits per heavy atom. The highest BCUT2D eigenvalue weighted by Gasteiger charge is 2.42. The molecule has 3 heterocycles. The van der Waals surface area contributed by atoms with Crippen molar-refractivity contribution in [2.45, 2.75) is 57.2 Å². The number of pyridine rings is 1. The van der Waals surface area contributed by atoms with Crippen LogP contribution in [0, 0.1) is 6.92 Å². The first-order valence-electron chi connectivity index (χ1n) is 11.1. The summed E-state index contributed by atoms with van der Waals surface area (Å²) in [7, 11) is 0. The second-order valence-corrected chi connectivity index (χ2v) is 9.80. The quantitative estimate of drug-likeness (QED) is 0.412. The summed E-state index contributed by atoms with van der Waals surface area (Å²) in [4.78, 5) is 6.97. The summed E-state index contributed by atoms with van der Waals surface area (Å²) >= 11 is 9.53. The van der Waals surface area contributed by atoms with Gasteiger partial charge in [0.2, 0.25) is 0 Å². The van der Waals surface area contributed by atoms with E-state index in [9.17, 15) is 0 Å². The van der Waals surface area contributed by atoms with Crippen LogP contribution in [0.2, 0.25) is 0 Å². The molecule has 0 unspecified atom stereocenters. The third-order valence-corrected chi connectivity index (χ3v) is 7.81. The summed E-state index contributed by atoms with van der Waals surface area (Å²) in [5, 5.41) is 4.34. The van der Waals surface area contributed by atoms with E-state index in [2.05, 4.69) is 86.3 Å². The summed E-state index contributed by atoms with van der Waals surface area (Å²) in [5.74, 6) is 0. The summed E-state index contributed by atoms with van der Waals surface area (Å²) in [6.45, 7) is 2.12. The van der Waals surface area contributed by atoms with Crippen molar-refractivity contribution < 1.29 is 0 Å². The van der Waals surface area contributed by atoms with E-state index in [-0.39, 0.29) is 12.1 Å². The second-order valence-electron chi connectivity index (χ2n) is 8.56. The van der Waals surface area contributed by atoms with Crippen molar-refractivity contribution in [1.29, 1.82) is 0 Å². The van der Waals surface area contributed by atoms with Gasteiger partial charge in [0.1, 0.15) is 6.04 Å². The Bertz CT molecular complexity index is 1070. The number of anilines is 1. The first-order valence-corrected chi connectivity index (χ1v) is 12.3. The molecule has 3 aromatic rings. The number of hydrogen-bond donors (Lipinski definition) is 1. The molecule has 1 N–H and O–H groups in total. The average molecular weight is 495 g/mol. The molecule has 31 heavy (non-hydrogen) atoms. The molecule has 2 atom stereocenters. The van der Waals surface area contributed by atoms with Crippen LogP contribution < -0.4 is 10.2 Å². The molecule has 0 bridgehead atoms. The molecule has 0 radical (unpaired) electrons. The van der Waals surface area contributed by atoms with E-state index in [1.807, 2.05) is 12.3 Å². The molecule has 1 aromatic carbocycles. The third-order valence-electron chi connectivity index (χ3n) is 6.60. The van der Waals surface area contributed by atoms with Gasteiger partial charge in [-0.25, -0.2) is 0 Å². The van der Waals surface area contributed by atoms with Crippen molar-refractivity contribution in [3.05, 3.63) is 82.3 Å². The fourth-order valence-corrected chi connectivity index (χ4v) is 5.65. The Morgan fingerprint density at radius 2 is 1.90 bits per heavy atom. The van der Waals surface area contributed by atoms with Gasteiger partial charge in [-0.15, -0.1) is 0 Å². The molecule has 1 aliphatic heterocycles. The largest absolute Gasteiger partial charge is 0.351 e. The van der Waals surface area contributed by atoms with Crippen LogP contribution in [-0.2, 0) is 0 Å². The van der Waals surface area contributed by atoms with Gasteiger partial charge in [0.25, 0.3) is 0 Å². The lowest BCUT2D eigenvalue weighted by atomic mass is 9.94. The lowest BCUT2D eigenvalue weighted by molar-refractivity contribution is 0.340. The lowest BCUT2D eigenvalue weighted by Gasteiger charge is -2.32. The number of benzene rings is 1. The van der Waals surface area contributed by atoms with E-state index >= 15 is 0 Å². The van der Waals surface area contributed by atoms with E-state index in [1.165, 1.54) is 43.4 Å². The van der Waals surface area contributed by atoms with Crippen LogP contribution in [0.4, 0.5) is 5.69 Å². The molecule has 2 fully saturated rings. The van der Waals surface area contributed by atoms with E-state index in [4.69, 9.17) is 17.2 Å². The fraction of sp³-hybridized carbons (Fsp3) is 0.360. The number of rotatable bonds is 4. The van der Waals surface area contributed by atoms with Gasteiger partial charge in [-0.05, 0) is 80.0 Å². The normalized spacial score (nSPS) is 22.0. The number of nitrogens with zero attached hydrogens (tertiary/aromatic N) is 3. The van der Waals surface area contributed by atoms with Crippen LogP contribution in [0.15, 0.2) is 65.4 Å². The molecular weight excluding hydrogens is 468 g/mol. The summed E-state index contributed by atoms with van der Waals surface area (Å²) in [6.07, 6.45) is 10.6. The summed E-state index contributed by atoms with van der Waals surface area (Å²) in [5.41, 5.74) is 4.62. The van der Waals surface area contributed by atoms with Crippen molar-refractivity contribution in [3.8, 4) is 0 Å². The lowest BCUT2D eigenvalue weighted by Crippen LogP contribution is -2.31. The second kappa shape index (κ2) is 8.75. The van der Waals surface area contributed by atoms with Gasteiger partial charge in [0.15, 0.2) is 5.11 Å².